The summed E-state index contributed by atoms with van der Waals surface area (Å²) in [5.74, 6) is 0. The minimum atomic E-state index is -0.200. The maximum Gasteiger partial charge on any atom is 0.212 e. The van der Waals surface area contributed by atoms with Crippen molar-refractivity contribution in [2.75, 3.05) is 0 Å². The van der Waals surface area contributed by atoms with Gasteiger partial charge in [-0.05, 0) is 18.1 Å². The maximum atomic E-state index is 11.1. The Kier molecular flexibility index (Phi) is 4.20. The fourth-order valence-corrected chi connectivity index (χ4v) is 1.27. The van der Waals surface area contributed by atoms with E-state index in [2.05, 4.69) is 19.2 Å². The zero-order valence-electron chi connectivity index (χ0n) is 7.81. The number of hydrogen-bond donors (Lipinski definition) is 1. The predicted octanol–water partition coefficient (Wildman–Crippen LogP) is 3.10. The molecule has 0 spiro atoms. The second-order valence-corrected chi connectivity index (χ2v) is 3.28. The summed E-state index contributed by atoms with van der Waals surface area (Å²) < 4.78 is 0. The average Bonchev–Trinajstić information content (AvgIpc) is 2.18. The molecule has 0 aliphatic carbocycles. The van der Waals surface area contributed by atoms with Crippen molar-refractivity contribution >= 4 is 23.8 Å². The first kappa shape index (κ1) is 10.8. The van der Waals surface area contributed by atoms with Crippen molar-refractivity contribution in [2.45, 2.75) is 6.42 Å². The van der Waals surface area contributed by atoms with Crippen LogP contribution in [0.4, 0.5) is 0 Å². The van der Waals surface area contributed by atoms with Crippen LogP contribution in [-0.4, -0.2) is 5.12 Å². The summed E-state index contributed by atoms with van der Waals surface area (Å²) >= 11 is 3.80. The number of carbonyl (C=O) groups excluding carboxylic acids is 1. The third-order valence-electron chi connectivity index (χ3n) is 1.78. The van der Waals surface area contributed by atoms with Crippen LogP contribution >= 0.6 is 12.6 Å². The van der Waals surface area contributed by atoms with Crippen LogP contribution in [0.25, 0.3) is 6.08 Å². The number of allylic oxidation sites excluding steroid dienone is 1. The highest BCUT2D eigenvalue weighted by Gasteiger charge is 2.01. The van der Waals surface area contributed by atoms with Crippen molar-refractivity contribution in [1.29, 1.82) is 0 Å². The van der Waals surface area contributed by atoms with Crippen LogP contribution in [0.1, 0.15) is 12.0 Å². The third kappa shape index (κ3) is 3.23. The average molecular weight is 204 g/mol. The molecule has 1 nitrogen and oxygen atoms in total. The SMILES string of the molecule is C=CC/C(=C\c1ccccc1)C(=O)S. The first-order chi connectivity index (χ1) is 6.74. The number of benzene rings is 1. The van der Waals surface area contributed by atoms with Gasteiger partial charge in [0.25, 0.3) is 0 Å². The van der Waals surface area contributed by atoms with Crippen LogP contribution in [0.3, 0.4) is 0 Å². The van der Waals surface area contributed by atoms with Crippen molar-refractivity contribution in [2.24, 2.45) is 0 Å². The molecule has 0 unspecified atom stereocenters. The molecule has 0 aromatic heterocycles. The maximum absolute atomic E-state index is 11.1. The zero-order chi connectivity index (χ0) is 10.4. The highest BCUT2D eigenvalue weighted by atomic mass is 32.1. The van der Waals surface area contributed by atoms with Crippen LogP contribution in [0.2, 0.25) is 0 Å². The second-order valence-electron chi connectivity index (χ2n) is 2.88. The first-order valence-electron chi connectivity index (χ1n) is 4.34. The molecule has 0 aliphatic rings. The molecule has 0 fully saturated rings. The summed E-state index contributed by atoms with van der Waals surface area (Å²) in [6.07, 6.45) is 4.08. The first-order valence-corrected chi connectivity index (χ1v) is 4.78. The second kappa shape index (κ2) is 5.45. The monoisotopic (exact) mass is 204 g/mol. The fraction of sp³-hybridized carbons (Fsp3) is 0.0833. The number of carbonyl (C=O) groups is 1. The van der Waals surface area contributed by atoms with Gasteiger partial charge in [0.2, 0.25) is 5.12 Å². The van der Waals surface area contributed by atoms with E-state index in [0.29, 0.717) is 12.0 Å². The van der Waals surface area contributed by atoms with Crippen molar-refractivity contribution < 1.29 is 4.79 Å². The molecule has 14 heavy (non-hydrogen) atoms. The normalized spacial score (nSPS) is 11.1. The number of hydrogen-bond acceptors (Lipinski definition) is 1. The van der Waals surface area contributed by atoms with Gasteiger partial charge in [-0.15, -0.1) is 19.2 Å². The molecule has 1 aromatic rings. The molecule has 72 valence electrons. The molecule has 1 rings (SSSR count). The van der Waals surface area contributed by atoms with Crippen LogP contribution in [0, 0.1) is 0 Å². The van der Waals surface area contributed by atoms with Gasteiger partial charge in [0.05, 0.1) is 0 Å². The fourth-order valence-electron chi connectivity index (χ4n) is 1.11. The molecular weight excluding hydrogens is 192 g/mol. The van der Waals surface area contributed by atoms with Gasteiger partial charge in [-0.2, -0.15) is 0 Å². The molecule has 0 bridgehead atoms. The van der Waals surface area contributed by atoms with E-state index < -0.39 is 0 Å². The van der Waals surface area contributed by atoms with Gasteiger partial charge < -0.3 is 0 Å². The Balaban J connectivity index is 2.93. The quantitative estimate of drug-likeness (QED) is 0.453. The van der Waals surface area contributed by atoms with E-state index in [4.69, 9.17) is 0 Å². The van der Waals surface area contributed by atoms with Crippen molar-refractivity contribution in [3.05, 3.63) is 54.1 Å². The van der Waals surface area contributed by atoms with Gasteiger partial charge in [0, 0.05) is 5.57 Å². The highest BCUT2D eigenvalue weighted by molar-refractivity contribution is 7.97. The molecule has 0 amide bonds. The Morgan fingerprint density at radius 3 is 2.50 bits per heavy atom. The molecule has 0 radical (unpaired) electrons. The summed E-state index contributed by atoms with van der Waals surface area (Å²) in [4.78, 5) is 11.1. The molecular formula is C12H12OS. The summed E-state index contributed by atoms with van der Waals surface area (Å²) in [5, 5.41) is -0.200. The van der Waals surface area contributed by atoms with Gasteiger partial charge in [-0.3, -0.25) is 4.79 Å². The van der Waals surface area contributed by atoms with Crippen LogP contribution in [-0.2, 0) is 4.79 Å². The Bertz CT molecular complexity index is 352. The summed E-state index contributed by atoms with van der Waals surface area (Å²) in [7, 11) is 0. The Hall–Kier alpha value is -1.28. The van der Waals surface area contributed by atoms with Crippen molar-refractivity contribution in [3.63, 3.8) is 0 Å². The van der Waals surface area contributed by atoms with Crippen molar-refractivity contribution in [3.8, 4) is 0 Å². The Morgan fingerprint density at radius 1 is 1.36 bits per heavy atom. The number of thiol groups is 1. The van der Waals surface area contributed by atoms with Crippen LogP contribution < -0.4 is 0 Å². The lowest BCUT2D eigenvalue weighted by Gasteiger charge is -1.98. The summed E-state index contributed by atoms with van der Waals surface area (Å²) in [6.45, 7) is 3.60. The lowest BCUT2D eigenvalue weighted by Crippen LogP contribution is -1.91. The minimum Gasteiger partial charge on any atom is -0.282 e. The Labute approximate surface area is 89.6 Å². The van der Waals surface area contributed by atoms with E-state index in [1.807, 2.05) is 36.4 Å². The van der Waals surface area contributed by atoms with Gasteiger partial charge in [-0.25, -0.2) is 0 Å². The van der Waals surface area contributed by atoms with Gasteiger partial charge in [0.15, 0.2) is 0 Å². The summed E-state index contributed by atoms with van der Waals surface area (Å²) in [5.41, 5.74) is 1.67. The lowest BCUT2D eigenvalue weighted by atomic mass is 10.1. The van der Waals surface area contributed by atoms with E-state index in [9.17, 15) is 4.79 Å². The molecule has 2 heteroatoms. The molecule has 0 saturated heterocycles. The third-order valence-corrected chi connectivity index (χ3v) is 2.07. The van der Waals surface area contributed by atoms with E-state index in [0.717, 1.165) is 5.56 Å². The molecule has 0 aliphatic heterocycles. The van der Waals surface area contributed by atoms with Crippen LogP contribution in [0.5, 0.6) is 0 Å². The smallest absolute Gasteiger partial charge is 0.212 e. The standard InChI is InChI=1S/C12H12OS/c1-2-6-11(12(13)14)9-10-7-4-3-5-8-10/h2-5,7-9H,1,6H2,(H,13,14)/b11-9+. The Morgan fingerprint density at radius 2 is 2.00 bits per heavy atom. The molecule has 0 heterocycles. The van der Waals surface area contributed by atoms with Crippen molar-refractivity contribution in [1.82, 2.24) is 0 Å². The summed E-state index contributed by atoms with van der Waals surface area (Å²) in [6, 6.07) is 9.69. The zero-order valence-corrected chi connectivity index (χ0v) is 8.71. The molecule has 1 aromatic carbocycles. The van der Waals surface area contributed by atoms with E-state index >= 15 is 0 Å². The van der Waals surface area contributed by atoms with E-state index in [1.54, 1.807) is 6.08 Å². The lowest BCUT2D eigenvalue weighted by molar-refractivity contribution is -0.107. The number of rotatable bonds is 4. The van der Waals surface area contributed by atoms with Gasteiger partial charge >= 0.3 is 0 Å². The van der Waals surface area contributed by atoms with E-state index in [-0.39, 0.29) is 5.12 Å². The minimum absolute atomic E-state index is 0.200. The molecule has 0 atom stereocenters. The molecule has 0 saturated carbocycles. The highest BCUT2D eigenvalue weighted by Crippen LogP contribution is 2.12. The van der Waals surface area contributed by atoms with Crippen LogP contribution in [0.15, 0.2) is 48.6 Å². The van der Waals surface area contributed by atoms with E-state index in [1.165, 1.54) is 0 Å². The molecule has 0 N–H and O–H groups in total. The van der Waals surface area contributed by atoms with Gasteiger partial charge in [0.1, 0.15) is 0 Å². The predicted molar refractivity (Wildman–Crippen MR) is 63.2 cm³/mol. The topological polar surface area (TPSA) is 17.1 Å². The van der Waals surface area contributed by atoms with Gasteiger partial charge in [-0.1, -0.05) is 36.4 Å². The largest absolute Gasteiger partial charge is 0.282 e.